The van der Waals surface area contributed by atoms with Gasteiger partial charge < -0.3 is 9.47 Å². The summed E-state index contributed by atoms with van der Waals surface area (Å²) in [5.41, 5.74) is 5.06. The molecule has 9 heteroatoms. The Bertz CT molecular complexity index is 2370. The fraction of sp³-hybridized carbons (Fsp3) is 0.0455. The maximum Gasteiger partial charge on any atom is 0.338 e. The lowest BCUT2D eigenvalue weighted by Crippen LogP contribution is -2.29. The zero-order chi connectivity index (χ0) is 36.9. The second kappa shape index (κ2) is 14.9. The van der Waals surface area contributed by atoms with Crippen molar-refractivity contribution in [3.63, 3.8) is 0 Å². The Morgan fingerprint density at radius 1 is 0.415 bits per heavy atom. The summed E-state index contributed by atoms with van der Waals surface area (Å²) in [5, 5.41) is 0. The molecule has 258 valence electrons. The number of Topliss-reactive ketones (excluding diaryl/α,β-unsaturated/α-hetero) is 2. The second-order valence-corrected chi connectivity index (χ2v) is 12.1. The Hall–Kier alpha value is -7.26. The summed E-state index contributed by atoms with van der Waals surface area (Å²) in [5.74, 6) is -3.63. The quantitative estimate of drug-likeness (QED) is 0.0760. The van der Waals surface area contributed by atoms with Gasteiger partial charge in [-0.1, -0.05) is 109 Å². The number of fused-ring (bicyclic) bond motifs is 1. The summed E-state index contributed by atoms with van der Waals surface area (Å²) < 4.78 is 10.5. The molecule has 6 aromatic carbocycles. The van der Waals surface area contributed by atoms with Crippen LogP contribution in [0.2, 0.25) is 0 Å². The molecule has 53 heavy (non-hydrogen) atoms. The number of carbonyl (C=O) groups excluding carboxylic acids is 6. The van der Waals surface area contributed by atoms with Crippen LogP contribution in [0.25, 0.3) is 22.3 Å². The van der Waals surface area contributed by atoms with Gasteiger partial charge in [0.2, 0.25) is 0 Å². The van der Waals surface area contributed by atoms with Crippen LogP contribution in [-0.2, 0) is 9.47 Å². The Morgan fingerprint density at radius 2 is 0.811 bits per heavy atom. The number of hydrogen-bond donors (Lipinski definition) is 0. The van der Waals surface area contributed by atoms with E-state index in [9.17, 15) is 28.8 Å². The summed E-state index contributed by atoms with van der Waals surface area (Å²) in [6.07, 6.45) is 0. The van der Waals surface area contributed by atoms with Crippen LogP contribution in [0.4, 0.5) is 5.69 Å². The van der Waals surface area contributed by atoms with E-state index < -0.39 is 42.7 Å². The highest BCUT2D eigenvalue weighted by molar-refractivity contribution is 6.34. The highest BCUT2D eigenvalue weighted by Crippen LogP contribution is 2.30. The highest BCUT2D eigenvalue weighted by atomic mass is 16.5. The smallest absolute Gasteiger partial charge is 0.338 e. The predicted molar refractivity (Wildman–Crippen MR) is 197 cm³/mol. The van der Waals surface area contributed by atoms with Crippen molar-refractivity contribution in [1.29, 1.82) is 0 Å². The molecule has 0 saturated heterocycles. The van der Waals surface area contributed by atoms with Crippen molar-refractivity contribution in [2.24, 2.45) is 0 Å². The fourth-order valence-corrected chi connectivity index (χ4v) is 5.90. The van der Waals surface area contributed by atoms with Gasteiger partial charge in [0.1, 0.15) is 0 Å². The SMILES string of the molecule is O=C(COC(=O)c1ccc(N2C(=O)c3ccc(C(=O)OCC(=O)c4ccc(-c5ccccc5)cc4)cc3C2=O)cc1)c1ccc(-c2ccccc2)cc1. The number of ether oxygens (including phenoxy) is 2. The number of benzene rings is 6. The maximum atomic E-state index is 13.4. The van der Waals surface area contributed by atoms with E-state index in [4.69, 9.17) is 9.47 Å². The van der Waals surface area contributed by atoms with Crippen molar-refractivity contribution in [3.05, 3.63) is 185 Å². The molecule has 1 aliphatic heterocycles. The number of rotatable bonds is 11. The normalized spacial score (nSPS) is 11.9. The van der Waals surface area contributed by atoms with Crippen molar-refractivity contribution in [2.45, 2.75) is 0 Å². The molecule has 6 aromatic rings. The van der Waals surface area contributed by atoms with Crippen LogP contribution in [0.1, 0.15) is 62.1 Å². The number of anilines is 1. The Balaban J connectivity index is 0.939. The molecule has 0 aliphatic carbocycles. The Morgan fingerprint density at radius 3 is 1.30 bits per heavy atom. The van der Waals surface area contributed by atoms with Crippen molar-refractivity contribution >= 4 is 41.0 Å². The van der Waals surface area contributed by atoms with Gasteiger partial charge >= 0.3 is 11.9 Å². The minimum Gasteiger partial charge on any atom is -0.454 e. The average Bonchev–Trinajstić information content (AvgIpc) is 3.47. The molecular weight excluding hydrogens is 670 g/mol. The number of hydrogen-bond acceptors (Lipinski definition) is 8. The van der Waals surface area contributed by atoms with E-state index in [0.717, 1.165) is 27.2 Å². The van der Waals surface area contributed by atoms with Crippen LogP contribution in [0, 0.1) is 0 Å². The lowest BCUT2D eigenvalue weighted by atomic mass is 10.0. The van der Waals surface area contributed by atoms with Crippen molar-refractivity contribution in [3.8, 4) is 22.3 Å². The van der Waals surface area contributed by atoms with E-state index in [2.05, 4.69) is 0 Å². The van der Waals surface area contributed by atoms with Gasteiger partial charge in [0.05, 0.1) is 27.9 Å². The van der Waals surface area contributed by atoms with Crippen LogP contribution in [0.5, 0.6) is 0 Å². The standard InChI is InChI=1S/C44H29NO8/c46-39(32-15-11-30(12-16-32)28-7-3-1-4-8-28)26-52-43(50)34-19-22-36(23-20-34)45-41(48)37-24-21-35(25-38(37)42(45)49)44(51)53-27-40(47)33-17-13-31(14-18-33)29-9-5-2-6-10-29/h1-25H,26-27H2. The third kappa shape index (κ3) is 7.31. The third-order valence-electron chi connectivity index (χ3n) is 8.78. The van der Waals surface area contributed by atoms with Crippen LogP contribution in [0.3, 0.4) is 0 Å². The fourth-order valence-electron chi connectivity index (χ4n) is 5.90. The molecule has 0 N–H and O–H groups in total. The van der Waals surface area contributed by atoms with Crippen LogP contribution in [0.15, 0.2) is 152 Å². The van der Waals surface area contributed by atoms with E-state index >= 15 is 0 Å². The topological polar surface area (TPSA) is 124 Å². The van der Waals surface area contributed by atoms with Crippen LogP contribution < -0.4 is 4.90 Å². The van der Waals surface area contributed by atoms with Crippen molar-refractivity contribution in [1.82, 2.24) is 0 Å². The lowest BCUT2D eigenvalue weighted by molar-refractivity contribution is 0.0472. The number of carbonyl (C=O) groups is 6. The van der Waals surface area contributed by atoms with Gasteiger partial charge in [-0.25, -0.2) is 14.5 Å². The zero-order valence-electron chi connectivity index (χ0n) is 28.1. The largest absolute Gasteiger partial charge is 0.454 e. The number of amides is 2. The highest BCUT2D eigenvalue weighted by Gasteiger charge is 2.37. The molecule has 9 nitrogen and oxygen atoms in total. The Kier molecular flexibility index (Phi) is 9.63. The molecule has 0 aromatic heterocycles. The number of imide groups is 1. The maximum absolute atomic E-state index is 13.4. The van der Waals surface area contributed by atoms with E-state index in [1.54, 1.807) is 24.3 Å². The first-order chi connectivity index (χ1) is 25.8. The second-order valence-electron chi connectivity index (χ2n) is 12.1. The summed E-state index contributed by atoms with van der Waals surface area (Å²) in [4.78, 5) is 78.5. The van der Waals surface area contributed by atoms with Gasteiger partial charge in [-0.3, -0.25) is 19.2 Å². The van der Waals surface area contributed by atoms with Gasteiger partial charge in [0.15, 0.2) is 24.8 Å². The van der Waals surface area contributed by atoms with Crippen LogP contribution >= 0.6 is 0 Å². The van der Waals surface area contributed by atoms with E-state index in [1.165, 1.54) is 42.5 Å². The van der Waals surface area contributed by atoms with E-state index in [0.29, 0.717) is 11.1 Å². The molecular formula is C44H29NO8. The predicted octanol–water partition coefficient (Wildman–Crippen LogP) is 7.90. The van der Waals surface area contributed by atoms with E-state index in [-0.39, 0.29) is 33.7 Å². The first kappa shape index (κ1) is 34.2. The van der Waals surface area contributed by atoms with Gasteiger partial charge in [0, 0.05) is 11.1 Å². The van der Waals surface area contributed by atoms with Crippen molar-refractivity contribution < 1.29 is 38.2 Å². The number of nitrogens with zero attached hydrogens (tertiary/aromatic N) is 1. The first-order valence-corrected chi connectivity index (χ1v) is 16.6. The monoisotopic (exact) mass is 699 g/mol. The zero-order valence-corrected chi connectivity index (χ0v) is 28.1. The van der Waals surface area contributed by atoms with Gasteiger partial charge in [-0.15, -0.1) is 0 Å². The Labute approximate surface area is 304 Å². The van der Waals surface area contributed by atoms with Crippen LogP contribution in [-0.4, -0.2) is 48.5 Å². The molecule has 0 saturated carbocycles. The summed E-state index contributed by atoms with van der Waals surface area (Å²) >= 11 is 0. The van der Waals surface area contributed by atoms with Gasteiger partial charge in [0.25, 0.3) is 11.8 Å². The molecule has 1 heterocycles. The molecule has 0 bridgehead atoms. The molecule has 0 fully saturated rings. The lowest BCUT2D eigenvalue weighted by Gasteiger charge is -2.14. The average molecular weight is 700 g/mol. The van der Waals surface area contributed by atoms with Crippen molar-refractivity contribution in [2.75, 3.05) is 18.1 Å². The van der Waals surface area contributed by atoms with Gasteiger partial charge in [-0.2, -0.15) is 0 Å². The molecule has 0 radical (unpaired) electrons. The molecule has 2 amide bonds. The van der Waals surface area contributed by atoms with E-state index in [1.807, 2.05) is 84.9 Å². The molecule has 0 atom stereocenters. The van der Waals surface area contributed by atoms with Gasteiger partial charge in [-0.05, 0) is 64.7 Å². The molecule has 0 spiro atoms. The summed E-state index contributed by atoms with van der Waals surface area (Å²) in [6.45, 7) is -0.977. The molecule has 7 rings (SSSR count). The minimum absolute atomic E-state index is 0.00115. The molecule has 0 unspecified atom stereocenters. The first-order valence-electron chi connectivity index (χ1n) is 16.6. The number of esters is 2. The summed E-state index contributed by atoms with van der Waals surface area (Å²) in [6, 6.07) is 42.9. The third-order valence-corrected chi connectivity index (χ3v) is 8.78. The number of ketones is 2. The summed E-state index contributed by atoms with van der Waals surface area (Å²) in [7, 11) is 0. The minimum atomic E-state index is -0.827. The molecule has 1 aliphatic rings.